The zero-order valence-corrected chi connectivity index (χ0v) is 24.7. The van der Waals surface area contributed by atoms with Crippen molar-refractivity contribution in [2.75, 3.05) is 51.7 Å². The second-order valence-electron chi connectivity index (χ2n) is 11.6. The van der Waals surface area contributed by atoms with Gasteiger partial charge in [-0.1, -0.05) is 50.2 Å². The number of anilines is 1. The molecule has 9 nitrogen and oxygen atoms in total. The highest BCUT2D eigenvalue weighted by Gasteiger charge is 2.30. The number of piperazine rings is 1. The first kappa shape index (κ1) is 29.9. The molecule has 3 heterocycles. The summed E-state index contributed by atoms with van der Waals surface area (Å²) in [5.41, 5.74) is 4.05. The van der Waals surface area contributed by atoms with Crippen LogP contribution in [-0.2, 0) is 16.8 Å². The van der Waals surface area contributed by atoms with Crippen LogP contribution in [0.25, 0.3) is 11.1 Å². The van der Waals surface area contributed by atoms with Gasteiger partial charge in [-0.25, -0.2) is 4.39 Å². The van der Waals surface area contributed by atoms with E-state index in [0.717, 1.165) is 34.5 Å². The summed E-state index contributed by atoms with van der Waals surface area (Å²) in [6.07, 6.45) is 7.19. The van der Waals surface area contributed by atoms with Crippen molar-refractivity contribution in [3.05, 3.63) is 77.2 Å². The fourth-order valence-electron chi connectivity index (χ4n) is 4.73. The van der Waals surface area contributed by atoms with Gasteiger partial charge in [-0.05, 0) is 43.8 Å². The maximum atomic E-state index is 14.7. The number of carbonyl (C=O) groups excluding carboxylic acids is 2. The standard InChI is InChI=1S/C31H39FN6O3/c1-21-18-22(9-10-23(21)19-34-30(40)28-27(32)29(41-35-28)31(2,3)4)24-11-12-33-20-25(24)37-14-16-38(17-15-37)26(39)8-7-13-36(5)6/h7-12,18,20H,13-17,19H2,1-6H3,(H,34,40)/b8-7+. The van der Waals surface area contributed by atoms with Crippen molar-refractivity contribution in [3.8, 4) is 11.1 Å². The lowest BCUT2D eigenvalue weighted by atomic mass is 9.92. The van der Waals surface area contributed by atoms with Gasteiger partial charge in [0.2, 0.25) is 11.6 Å². The van der Waals surface area contributed by atoms with Crippen LogP contribution in [0.5, 0.6) is 0 Å². The molecular formula is C31H39FN6O3. The van der Waals surface area contributed by atoms with E-state index in [-0.39, 0.29) is 23.9 Å². The van der Waals surface area contributed by atoms with Gasteiger partial charge in [-0.3, -0.25) is 14.6 Å². The van der Waals surface area contributed by atoms with Gasteiger partial charge >= 0.3 is 0 Å². The Kier molecular flexibility index (Phi) is 9.22. The minimum Gasteiger partial charge on any atom is -0.366 e. The van der Waals surface area contributed by atoms with Crippen molar-refractivity contribution in [1.82, 2.24) is 25.3 Å². The van der Waals surface area contributed by atoms with E-state index < -0.39 is 17.1 Å². The van der Waals surface area contributed by atoms with E-state index in [4.69, 9.17) is 4.52 Å². The molecule has 1 fully saturated rings. The zero-order chi connectivity index (χ0) is 29.7. The lowest BCUT2D eigenvalue weighted by molar-refractivity contribution is -0.126. The Morgan fingerprint density at radius 3 is 2.51 bits per heavy atom. The van der Waals surface area contributed by atoms with E-state index in [1.807, 2.05) is 61.3 Å². The number of benzene rings is 1. The van der Waals surface area contributed by atoms with Gasteiger partial charge in [0, 0.05) is 62.5 Å². The molecule has 3 aromatic rings. The number of hydrogen-bond acceptors (Lipinski definition) is 7. The topological polar surface area (TPSA) is 94.8 Å². The largest absolute Gasteiger partial charge is 0.366 e. The quantitative estimate of drug-likeness (QED) is 0.412. The van der Waals surface area contributed by atoms with E-state index in [9.17, 15) is 14.0 Å². The second-order valence-corrected chi connectivity index (χ2v) is 11.6. The SMILES string of the molecule is Cc1cc(-c2ccncc2N2CCN(C(=O)/C=C/CN(C)C)CC2)ccc1CNC(=O)c1noc(C(C)(C)C)c1F. The van der Waals surface area contributed by atoms with E-state index in [0.29, 0.717) is 26.2 Å². The number of halogens is 1. The molecule has 0 spiro atoms. The van der Waals surface area contributed by atoms with Crippen LogP contribution in [0.4, 0.5) is 10.1 Å². The molecule has 0 radical (unpaired) electrons. The van der Waals surface area contributed by atoms with E-state index in [1.165, 1.54) is 0 Å². The number of pyridine rings is 1. The number of aryl methyl sites for hydroxylation is 1. The van der Waals surface area contributed by atoms with Crippen LogP contribution in [0.3, 0.4) is 0 Å². The molecule has 1 N–H and O–H groups in total. The number of hydrogen-bond donors (Lipinski definition) is 1. The molecule has 1 saturated heterocycles. The van der Waals surface area contributed by atoms with Crippen LogP contribution in [-0.4, -0.2) is 78.6 Å². The van der Waals surface area contributed by atoms with E-state index in [1.54, 1.807) is 33.0 Å². The molecule has 0 atom stereocenters. The van der Waals surface area contributed by atoms with Gasteiger partial charge in [-0.15, -0.1) is 0 Å². The number of nitrogens with one attached hydrogen (secondary N) is 1. The summed E-state index contributed by atoms with van der Waals surface area (Å²) in [5, 5.41) is 6.42. The maximum Gasteiger partial charge on any atom is 0.276 e. The van der Waals surface area contributed by atoms with Crippen molar-refractivity contribution in [2.24, 2.45) is 0 Å². The van der Waals surface area contributed by atoms with Crippen LogP contribution in [0.1, 0.15) is 48.1 Å². The first-order valence-electron chi connectivity index (χ1n) is 13.8. The molecule has 218 valence electrons. The number of likely N-dealkylation sites (N-methyl/N-ethyl adjacent to an activating group) is 1. The monoisotopic (exact) mass is 562 g/mol. The van der Waals surface area contributed by atoms with Crippen LogP contribution >= 0.6 is 0 Å². The Morgan fingerprint density at radius 1 is 1.15 bits per heavy atom. The molecule has 4 rings (SSSR count). The summed E-state index contributed by atoms with van der Waals surface area (Å²) >= 11 is 0. The van der Waals surface area contributed by atoms with Crippen molar-refractivity contribution >= 4 is 17.5 Å². The Bertz CT molecular complexity index is 1420. The average molecular weight is 563 g/mol. The third kappa shape index (κ3) is 7.18. The molecule has 0 bridgehead atoms. The molecule has 2 aromatic heterocycles. The average Bonchev–Trinajstić information content (AvgIpc) is 3.34. The molecule has 41 heavy (non-hydrogen) atoms. The summed E-state index contributed by atoms with van der Waals surface area (Å²) in [6, 6.07) is 8.04. The van der Waals surface area contributed by atoms with Crippen molar-refractivity contribution < 1.29 is 18.5 Å². The minimum absolute atomic E-state index is 0.0390. The third-order valence-electron chi connectivity index (χ3n) is 7.09. The summed E-state index contributed by atoms with van der Waals surface area (Å²) in [5.74, 6) is -1.25. The normalized spacial score (nSPS) is 14.2. The molecule has 1 aromatic carbocycles. The van der Waals surface area contributed by atoms with E-state index in [2.05, 4.69) is 26.4 Å². The molecule has 1 aliphatic heterocycles. The Balaban J connectivity index is 1.42. The maximum absolute atomic E-state index is 14.7. The fourth-order valence-corrected chi connectivity index (χ4v) is 4.73. The second kappa shape index (κ2) is 12.6. The Morgan fingerprint density at radius 2 is 1.88 bits per heavy atom. The molecule has 0 aliphatic carbocycles. The molecule has 0 saturated carbocycles. The van der Waals surface area contributed by atoms with Crippen LogP contribution < -0.4 is 10.2 Å². The number of carbonyl (C=O) groups is 2. The highest BCUT2D eigenvalue weighted by molar-refractivity contribution is 5.92. The summed E-state index contributed by atoms with van der Waals surface area (Å²) < 4.78 is 19.8. The van der Waals surface area contributed by atoms with Crippen LogP contribution in [0, 0.1) is 12.7 Å². The third-order valence-corrected chi connectivity index (χ3v) is 7.09. The molecule has 1 aliphatic rings. The van der Waals surface area contributed by atoms with Gasteiger partial charge in [0.05, 0.1) is 11.9 Å². The van der Waals surface area contributed by atoms with Gasteiger partial charge in [-0.2, -0.15) is 0 Å². The van der Waals surface area contributed by atoms with Crippen molar-refractivity contribution in [2.45, 2.75) is 39.7 Å². The highest BCUT2D eigenvalue weighted by Crippen LogP contribution is 2.32. The number of amides is 2. The summed E-state index contributed by atoms with van der Waals surface area (Å²) in [7, 11) is 3.94. The molecule has 10 heteroatoms. The zero-order valence-electron chi connectivity index (χ0n) is 24.7. The fraction of sp³-hybridized carbons (Fsp3) is 0.419. The Hall–Kier alpha value is -4.05. The molecule has 0 unspecified atom stereocenters. The van der Waals surface area contributed by atoms with Crippen molar-refractivity contribution in [3.63, 3.8) is 0 Å². The van der Waals surface area contributed by atoms with Crippen LogP contribution in [0.2, 0.25) is 0 Å². The number of nitrogens with zero attached hydrogens (tertiary/aromatic N) is 5. The predicted molar refractivity (Wildman–Crippen MR) is 157 cm³/mol. The number of aromatic nitrogens is 2. The Labute approximate surface area is 241 Å². The highest BCUT2D eigenvalue weighted by atomic mass is 19.1. The first-order valence-corrected chi connectivity index (χ1v) is 13.8. The van der Waals surface area contributed by atoms with Gasteiger partial charge in [0.1, 0.15) is 0 Å². The van der Waals surface area contributed by atoms with Gasteiger partial charge < -0.3 is 24.5 Å². The summed E-state index contributed by atoms with van der Waals surface area (Å²) in [6.45, 7) is 11.0. The van der Waals surface area contributed by atoms with E-state index >= 15 is 0 Å². The lowest BCUT2D eigenvalue weighted by Crippen LogP contribution is -2.48. The van der Waals surface area contributed by atoms with Crippen molar-refractivity contribution in [1.29, 1.82) is 0 Å². The summed E-state index contributed by atoms with van der Waals surface area (Å²) in [4.78, 5) is 35.7. The van der Waals surface area contributed by atoms with Gasteiger partial charge in [0.25, 0.3) is 5.91 Å². The number of rotatable bonds is 8. The van der Waals surface area contributed by atoms with Crippen LogP contribution in [0.15, 0.2) is 53.3 Å². The predicted octanol–water partition coefficient (Wildman–Crippen LogP) is 4.18. The lowest BCUT2D eigenvalue weighted by Gasteiger charge is -2.36. The minimum atomic E-state index is -0.724. The first-order chi connectivity index (χ1) is 19.5. The van der Waals surface area contributed by atoms with Gasteiger partial charge in [0.15, 0.2) is 11.6 Å². The molecule has 2 amide bonds. The molecular weight excluding hydrogens is 523 g/mol. The smallest absolute Gasteiger partial charge is 0.276 e.